The van der Waals surface area contributed by atoms with E-state index in [2.05, 4.69) is 46.5 Å². The van der Waals surface area contributed by atoms with Crippen molar-refractivity contribution in [2.75, 3.05) is 13.2 Å². The van der Waals surface area contributed by atoms with Crippen LogP contribution in [0.2, 0.25) is 0 Å². The number of hydrogen-bond donors (Lipinski definition) is 2. The second kappa shape index (κ2) is 8.42. The van der Waals surface area contributed by atoms with Crippen LogP contribution >= 0.6 is 0 Å². The number of H-pyrrole nitrogens is 1. The molecule has 1 aromatic heterocycles. The summed E-state index contributed by atoms with van der Waals surface area (Å²) >= 11 is 0. The lowest BCUT2D eigenvalue weighted by molar-refractivity contribution is 0.289. The highest BCUT2D eigenvalue weighted by atomic mass is 16.5. The zero-order valence-corrected chi connectivity index (χ0v) is 12.8. The minimum absolute atomic E-state index is 0.679. The van der Waals surface area contributed by atoms with E-state index in [0.717, 1.165) is 44.1 Å². The van der Waals surface area contributed by atoms with Crippen molar-refractivity contribution < 1.29 is 4.74 Å². The Labute approximate surface area is 126 Å². The third-order valence-electron chi connectivity index (χ3n) is 3.22. The second-order valence-corrected chi connectivity index (χ2v) is 5.53. The van der Waals surface area contributed by atoms with Crippen LogP contribution in [0.1, 0.15) is 31.7 Å². The van der Waals surface area contributed by atoms with Crippen molar-refractivity contribution in [3.05, 3.63) is 42.0 Å². The summed E-state index contributed by atoms with van der Waals surface area (Å²) in [5.74, 6) is 2.54. The third-order valence-corrected chi connectivity index (χ3v) is 3.22. The zero-order valence-electron chi connectivity index (χ0n) is 12.8. The van der Waals surface area contributed by atoms with Crippen molar-refractivity contribution in [3.63, 3.8) is 0 Å². The number of nitrogens with zero attached hydrogens (tertiary/aromatic N) is 2. The fraction of sp³-hybridized carbons (Fsp3) is 0.500. The number of ether oxygens (including phenoxy) is 1. The highest BCUT2D eigenvalue weighted by Gasteiger charge is 1.99. The van der Waals surface area contributed by atoms with Crippen LogP contribution < -0.4 is 10.1 Å². The van der Waals surface area contributed by atoms with Crippen molar-refractivity contribution in [3.8, 4) is 5.75 Å². The van der Waals surface area contributed by atoms with Gasteiger partial charge in [0.05, 0.1) is 6.61 Å². The molecule has 2 N–H and O–H groups in total. The summed E-state index contributed by atoms with van der Waals surface area (Å²) in [6.07, 6.45) is 3.48. The Balaban J connectivity index is 1.65. The van der Waals surface area contributed by atoms with Crippen molar-refractivity contribution in [2.24, 2.45) is 5.92 Å². The van der Waals surface area contributed by atoms with Gasteiger partial charge in [0.2, 0.25) is 0 Å². The minimum Gasteiger partial charge on any atom is -0.494 e. The number of nitrogens with one attached hydrogen (secondary N) is 2. The Hall–Kier alpha value is -1.88. The summed E-state index contributed by atoms with van der Waals surface area (Å²) in [5.41, 5.74) is 1.25. The van der Waals surface area contributed by atoms with Gasteiger partial charge in [-0.1, -0.05) is 26.0 Å². The largest absolute Gasteiger partial charge is 0.494 e. The molecule has 1 aromatic carbocycles. The number of rotatable bonds is 9. The molecule has 0 radical (unpaired) electrons. The summed E-state index contributed by atoms with van der Waals surface area (Å²) in [6, 6.07) is 8.28. The van der Waals surface area contributed by atoms with E-state index in [4.69, 9.17) is 4.74 Å². The molecule has 0 spiro atoms. The van der Waals surface area contributed by atoms with Gasteiger partial charge in [-0.25, -0.2) is 4.98 Å². The van der Waals surface area contributed by atoms with Gasteiger partial charge in [0.15, 0.2) is 0 Å². The zero-order chi connectivity index (χ0) is 14.9. The maximum absolute atomic E-state index is 5.71. The Bertz CT molecular complexity index is 494. The first-order valence-corrected chi connectivity index (χ1v) is 7.50. The van der Waals surface area contributed by atoms with Gasteiger partial charge in [-0.2, -0.15) is 5.10 Å². The highest BCUT2D eigenvalue weighted by molar-refractivity contribution is 5.27. The van der Waals surface area contributed by atoms with Crippen LogP contribution in [-0.2, 0) is 13.0 Å². The molecule has 0 aliphatic rings. The maximum Gasteiger partial charge on any atom is 0.137 e. The van der Waals surface area contributed by atoms with Crippen LogP contribution in [0, 0.1) is 5.92 Å². The van der Waals surface area contributed by atoms with Gasteiger partial charge in [0, 0.05) is 19.5 Å². The van der Waals surface area contributed by atoms with E-state index in [-0.39, 0.29) is 0 Å². The van der Waals surface area contributed by atoms with Crippen molar-refractivity contribution >= 4 is 0 Å². The lowest BCUT2D eigenvalue weighted by Gasteiger charge is -2.09. The fourth-order valence-electron chi connectivity index (χ4n) is 1.91. The molecule has 2 rings (SSSR count). The fourth-order valence-corrected chi connectivity index (χ4v) is 1.91. The molecule has 0 aliphatic heterocycles. The van der Waals surface area contributed by atoms with Crippen molar-refractivity contribution in [1.82, 2.24) is 20.5 Å². The van der Waals surface area contributed by atoms with Crippen LogP contribution in [0.3, 0.4) is 0 Å². The predicted octanol–water partition coefficient (Wildman–Crippen LogP) is 2.56. The van der Waals surface area contributed by atoms with Gasteiger partial charge < -0.3 is 10.1 Å². The van der Waals surface area contributed by atoms with Gasteiger partial charge in [0.1, 0.15) is 17.9 Å². The van der Waals surface area contributed by atoms with Crippen LogP contribution in [0.4, 0.5) is 0 Å². The van der Waals surface area contributed by atoms with E-state index in [1.54, 1.807) is 0 Å². The van der Waals surface area contributed by atoms with E-state index in [0.29, 0.717) is 5.92 Å². The molecule has 0 saturated heterocycles. The SMILES string of the molecule is CC(C)CCOc1ccc(CNCCc2ncn[nH]2)cc1. The normalized spacial score (nSPS) is 11.0. The Kier molecular flexibility index (Phi) is 6.22. The van der Waals surface area contributed by atoms with Gasteiger partial charge in [-0.05, 0) is 30.0 Å². The molecule has 5 nitrogen and oxygen atoms in total. The average Bonchev–Trinajstić information content (AvgIpc) is 2.98. The van der Waals surface area contributed by atoms with Crippen LogP contribution in [0.25, 0.3) is 0 Å². The molecule has 21 heavy (non-hydrogen) atoms. The summed E-state index contributed by atoms with van der Waals surface area (Å²) in [4.78, 5) is 4.09. The first-order valence-electron chi connectivity index (χ1n) is 7.50. The topological polar surface area (TPSA) is 62.8 Å². The monoisotopic (exact) mass is 288 g/mol. The molecular formula is C16H24N4O. The average molecular weight is 288 g/mol. The van der Waals surface area contributed by atoms with Gasteiger partial charge in [0.25, 0.3) is 0 Å². The van der Waals surface area contributed by atoms with E-state index in [9.17, 15) is 0 Å². The molecule has 0 fully saturated rings. The molecule has 0 aliphatic carbocycles. The summed E-state index contributed by atoms with van der Waals surface area (Å²) in [7, 11) is 0. The number of aromatic nitrogens is 3. The van der Waals surface area contributed by atoms with Gasteiger partial charge >= 0.3 is 0 Å². The third kappa shape index (κ3) is 5.95. The number of aromatic amines is 1. The Morgan fingerprint density at radius 2 is 2.05 bits per heavy atom. The molecule has 0 bridgehead atoms. The Morgan fingerprint density at radius 1 is 1.24 bits per heavy atom. The molecule has 5 heteroatoms. The molecule has 1 heterocycles. The molecule has 114 valence electrons. The predicted molar refractivity (Wildman–Crippen MR) is 83.2 cm³/mol. The maximum atomic E-state index is 5.71. The Morgan fingerprint density at radius 3 is 2.71 bits per heavy atom. The van der Waals surface area contributed by atoms with E-state index in [1.165, 1.54) is 11.9 Å². The molecular weight excluding hydrogens is 264 g/mol. The quantitative estimate of drug-likeness (QED) is 0.696. The second-order valence-electron chi connectivity index (χ2n) is 5.53. The van der Waals surface area contributed by atoms with Crippen LogP contribution in [0.5, 0.6) is 5.75 Å². The van der Waals surface area contributed by atoms with Gasteiger partial charge in [-0.3, -0.25) is 5.10 Å². The molecule has 0 atom stereocenters. The molecule has 0 unspecified atom stereocenters. The van der Waals surface area contributed by atoms with Crippen molar-refractivity contribution in [1.29, 1.82) is 0 Å². The summed E-state index contributed by atoms with van der Waals surface area (Å²) in [6.45, 7) is 6.92. The van der Waals surface area contributed by atoms with Crippen molar-refractivity contribution in [2.45, 2.75) is 33.2 Å². The first kappa shape index (κ1) is 15.5. The highest BCUT2D eigenvalue weighted by Crippen LogP contribution is 2.13. The number of benzene rings is 1. The lowest BCUT2D eigenvalue weighted by atomic mass is 10.1. The minimum atomic E-state index is 0.679. The van der Waals surface area contributed by atoms with Crippen LogP contribution in [-0.4, -0.2) is 28.3 Å². The van der Waals surface area contributed by atoms with E-state index in [1.807, 2.05) is 12.1 Å². The van der Waals surface area contributed by atoms with E-state index < -0.39 is 0 Å². The first-order chi connectivity index (χ1) is 10.2. The molecule has 0 amide bonds. The van der Waals surface area contributed by atoms with Gasteiger partial charge in [-0.15, -0.1) is 0 Å². The van der Waals surface area contributed by atoms with E-state index >= 15 is 0 Å². The summed E-state index contributed by atoms with van der Waals surface area (Å²) < 4.78 is 5.71. The molecule has 0 saturated carbocycles. The smallest absolute Gasteiger partial charge is 0.137 e. The molecule has 2 aromatic rings. The summed E-state index contributed by atoms with van der Waals surface area (Å²) in [5, 5.41) is 10.1. The lowest BCUT2D eigenvalue weighted by Crippen LogP contribution is -2.17. The van der Waals surface area contributed by atoms with Crippen LogP contribution in [0.15, 0.2) is 30.6 Å². The standard InChI is InChI=1S/C16H24N4O/c1-13(2)8-10-21-15-5-3-14(4-6-15)11-17-9-7-16-18-12-19-20-16/h3-6,12-13,17H,7-11H2,1-2H3,(H,18,19,20). The number of hydrogen-bond acceptors (Lipinski definition) is 4.